The number of hydrogen-bond acceptors (Lipinski definition) is 2. The molecule has 0 spiro atoms. The zero-order chi connectivity index (χ0) is 10.3. The van der Waals surface area contributed by atoms with E-state index in [-0.39, 0.29) is 0 Å². The monoisotopic (exact) mass is 253 g/mol. The van der Waals surface area contributed by atoms with E-state index in [1.54, 1.807) is 0 Å². The van der Waals surface area contributed by atoms with Gasteiger partial charge in [0.2, 0.25) is 0 Å². The van der Waals surface area contributed by atoms with Gasteiger partial charge < -0.3 is 16.0 Å². The molecule has 74 valence electrons. The van der Waals surface area contributed by atoms with E-state index in [0.29, 0.717) is 6.54 Å². The van der Waals surface area contributed by atoms with Crippen molar-refractivity contribution in [1.29, 1.82) is 0 Å². The predicted molar refractivity (Wildman–Crippen MR) is 62.9 cm³/mol. The Kier molecular flexibility index (Phi) is 2.25. The number of halogens is 1. The lowest BCUT2D eigenvalue weighted by atomic mass is 10.2. The molecule has 0 aliphatic rings. The van der Waals surface area contributed by atoms with Crippen molar-refractivity contribution in [3.8, 4) is 0 Å². The van der Waals surface area contributed by atoms with Gasteiger partial charge in [-0.3, -0.25) is 0 Å². The molecule has 2 aromatic rings. The first kappa shape index (κ1) is 9.55. The number of aryl methyl sites for hydroxylation is 1. The van der Waals surface area contributed by atoms with Gasteiger partial charge in [0.15, 0.2) is 0 Å². The molecule has 2 rings (SSSR count). The summed E-state index contributed by atoms with van der Waals surface area (Å²) in [6, 6.07) is 5.88. The van der Waals surface area contributed by atoms with E-state index in [1.165, 1.54) is 0 Å². The lowest BCUT2D eigenvalue weighted by Crippen LogP contribution is -2.04. The highest BCUT2D eigenvalue weighted by Gasteiger charge is 2.12. The average Bonchev–Trinajstić information content (AvgIpc) is 2.41. The van der Waals surface area contributed by atoms with Gasteiger partial charge in [0.05, 0.1) is 11.2 Å². The smallest absolute Gasteiger partial charge is 0.0725 e. The molecular formula is C10H12BrN3. The SMILES string of the molecule is Cn1c(CN)c(Br)c2cccc(N)c21. The molecule has 0 bridgehead atoms. The van der Waals surface area contributed by atoms with Crippen LogP contribution in [0.5, 0.6) is 0 Å². The fourth-order valence-corrected chi connectivity index (χ4v) is 2.52. The Hall–Kier alpha value is -1.00. The highest BCUT2D eigenvalue weighted by Crippen LogP contribution is 2.32. The molecule has 4 N–H and O–H groups in total. The number of aromatic nitrogens is 1. The molecule has 1 aromatic carbocycles. The Morgan fingerprint density at radius 2 is 2.14 bits per heavy atom. The summed E-state index contributed by atoms with van der Waals surface area (Å²) in [6.45, 7) is 0.505. The molecule has 0 unspecified atom stereocenters. The van der Waals surface area contributed by atoms with Crippen molar-refractivity contribution in [3.63, 3.8) is 0 Å². The Labute approximate surface area is 90.8 Å². The minimum Gasteiger partial charge on any atom is -0.397 e. The van der Waals surface area contributed by atoms with Crippen molar-refractivity contribution in [2.24, 2.45) is 12.8 Å². The van der Waals surface area contributed by atoms with Crippen molar-refractivity contribution >= 4 is 32.5 Å². The summed E-state index contributed by atoms with van der Waals surface area (Å²) < 4.78 is 3.08. The summed E-state index contributed by atoms with van der Waals surface area (Å²) in [4.78, 5) is 0. The van der Waals surface area contributed by atoms with E-state index < -0.39 is 0 Å². The van der Waals surface area contributed by atoms with E-state index in [4.69, 9.17) is 11.5 Å². The van der Waals surface area contributed by atoms with E-state index in [9.17, 15) is 0 Å². The van der Waals surface area contributed by atoms with Crippen molar-refractivity contribution in [1.82, 2.24) is 4.57 Å². The second-order valence-electron chi connectivity index (χ2n) is 3.27. The van der Waals surface area contributed by atoms with Gasteiger partial charge >= 0.3 is 0 Å². The number of benzene rings is 1. The molecule has 0 radical (unpaired) electrons. The van der Waals surface area contributed by atoms with Crippen molar-refractivity contribution < 1.29 is 0 Å². The highest BCUT2D eigenvalue weighted by atomic mass is 79.9. The molecule has 0 saturated carbocycles. The van der Waals surface area contributed by atoms with Crippen LogP contribution < -0.4 is 11.5 Å². The molecule has 0 saturated heterocycles. The van der Waals surface area contributed by atoms with E-state index in [0.717, 1.165) is 26.8 Å². The van der Waals surface area contributed by atoms with Gasteiger partial charge in [-0.15, -0.1) is 0 Å². The van der Waals surface area contributed by atoms with Crippen LogP contribution in [0, 0.1) is 0 Å². The number of hydrogen-bond donors (Lipinski definition) is 2. The third-order valence-corrected chi connectivity index (χ3v) is 3.38. The molecule has 0 amide bonds. The molecule has 1 heterocycles. The molecule has 0 aliphatic heterocycles. The minimum absolute atomic E-state index is 0.505. The predicted octanol–water partition coefficient (Wildman–Crippen LogP) is 1.98. The number of nitrogens with two attached hydrogens (primary N) is 2. The van der Waals surface area contributed by atoms with Crippen LogP contribution in [0.2, 0.25) is 0 Å². The normalized spacial score (nSPS) is 11.1. The lowest BCUT2D eigenvalue weighted by molar-refractivity contribution is 0.845. The van der Waals surface area contributed by atoms with E-state index in [1.807, 2.05) is 29.8 Å². The lowest BCUT2D eigenvalue weighted by Gasteiger charge is -2.02. The summed E-state index contributed by atoms with van der Waals surface area (Å²) in [5, 5.41) is 1.12. The molecule has 0 fully saturated rings. The fraction of sp³-hybridized carbons (Fsp3) is 0.200. The average molecular weight is 254 g/mol. The third-order valence-electron chi connectivity index (χ3n) is 2.49. The van der Waals surface area contributed by atoms with Crippen molar-refractivity contribution in [3.05, 3.63) is 28.4 Å². The first-order chi connectivity index (χ1) is 6.66. The Balaban J connectivity index is 2.94. The van der Waals surface area contributed by atoms with Crippen LogP contribution in [-0.4, -0.2) is 4.57 Å². The van der Waals surface area contributed by atoms with Crippen LogP contribution in [0.3, 0.4) is 0 Å². The molecule has 0 aliphatic carbocycles. The first-order valence-electron chi connectivity index (χ1n) is 4.38. The second-order valence-corrected chi connectivity index (χ2v) is 4.06. The topological polar surface area (TPSA) is 57.0 Å². The van der Waals surface area contributed by atoms with Crippen LogP contribution in [0.25, 0.3) is 10.9 Å². The highest BCUT2D eigenvalue weighted by molar-refractivity contribution is 9.10. The maximum absolute atomic E-state index is 5.91. The fourth-order valence-electron chi connectivity index (χ4n) is 1.78. The van der Waals surface area contributed by atoms with E-state index >= 15 is 0 Å². The Morgan fingerprint density at radius 1 is 1.43 bits per heavy atom. The first-order valence-corrected chi connectivity index (χ1v) is 5.17. The quantitative estimate of drug-likeness (QED) is 0.764. The number of nitrogens with zero attached hydrogens (tertiary/aromatic N) is 1. The molecule has 14 heavy (non-hydrogen) atoms. The molecule has 3 nitrogen and oxygen atoms in total. The number of para-hydroxylation sites is 1. The molecule has 1 aromatic heterocycles. The maximum atomic E-state index is 5.91. The largest absolute Gasteiger partial charge is 0.397 e. The van der Waals surface area contributed by atoms with Crippen molar-refractivity contribution in [2.45, 2.75) is 6.54 Å². The summed E-state index contributed by atoms with van der Waals surface area (Å²) in [7, 11) is 1.98. The van der Waals surface area contributed by atoms with Crippen LogP contribution in [0.15, 0.2) is 22.7 Å². The number of fused-ring (bicyclic) bond motifs is 1. The summed E-state index contributed by atoms with van der Waals surface area (Å²) in [5.74, 6) is 0. The zero-order valence-corrected chi connectivity index (χ0v) is 9.51. The number of nitrogen functional groups attached to an aromatic ring is 1. The Bertz CT molecular complexity index is 488. The number of rotatable bonds is 1. The van der Waals surface area contributed by atoms with Crippen molar-refractivity contribution in [2.75, 3.05) is 5.73 Å². The standard InChI is InChI=1S/C10H12BrN3/c1-14-8(5-12)9(11)6-3-2-4-7(13)10(6)14/h2-4H,5,12-13H2,1H3. The molecule has 4 heteroatoms. The van der Waals surface area contributed by atoms with Crippen LogP contribution in [0.4, 0.5) is 5.69 Å². The summed E-state index contributed by atoms with van der Waals surface area (Å²) in [5.41, 5.74) is 14.5. The minimum atomic E-state index is 0.505. The Morgan fingerprint density at radius 3 is 2.71 bits per heavy atom. The zero-order valence-electron chi connectivity index (χ0n) is 7.92. The van der Waals surface area contributed by atoms with Gasteiger partial charge in [-0.1, -0.05) is 12.1 Å². The van der Waals surface area contributed by atoms with E-state index in [2.05, 4.69) is 15.9 Å². The van der Waals surface area contributed by atoms with Gasteiger partial charge in [-0.25, -0.2) is 0 Å². The third kappa shape index (κ3) is 1.14. The maximum Gasteiger partial charge on any atom is 0.0725 e. The van der Waals surface area contributed by atoms with Gasteiger partial charge in [0.1, 0.15) is 0 Å². The van der Waals surface area contributed by atoms with Crippen LogP contribution in [0.1, 0.15) is 5.69 Å². The second kappa shape index (κ2) is 3.29. The van der Waals surface area contributed by atoms with Gasteiger partial charge in [0.25, 0.3) is 0 Å². The van der Waals surface area contributed by atoms with Gasteiger partial charge in [0, 0.05) is 29.1 Å². The van der Waals surface area contributed by atoms with Gasteiger partial charge in [-0.2, -0.15) is 0 Å². The van der Waals surface area contributed by atoms with Crippen LogP contribution in [-0.2, 0) is 13.6 Å². The summed E-state index contributed by atoms with van der Waals surface area (Å²) >= 11 is 3.54. The number of anilines is 1. The van der Waals surface area contributed by atoms with Crippen LogP contribution >= 0.6 is 15.9 Å². The summed E-state index contributed by atoms with van der Waals surface area (Å²) in [6.07, 6.45) is 0. The van der Waals surface area contributed by atoms with Gasteiger partial charge in [-0.05, 0) is 22.0 Å². The molecular weight excluding hydrogens is 242 g/mol. The molecule has 0 atom stereocenters.